The molecule has 2 rings (SSSR count). The lowest BCUT2D eigenvalue weighted by atomic mass is 9.91. The number of carbonyl (C=O) groups excluding carboxylic acids is 1. The molecule has 2 atom stereocenters. The van der Waals surface area contributed by atoms with Crippen molar-refractivity contribution in [1.82, 2.24) is 4.90 Å². The fraction of sp³-hybridized carbons (Fsp3) is 0.909. The monoisotopic (exact) mass is 213 g/mol. The van der Waals surface area contributed by atoms with Gasteiger partial charge in [-0.1, -0.05) is 0 Å². The summed E-state index contributed by atoms with van der Waals surface area (Å²) in [4.78, 5) is 13.9. The number of amides is 1. The van der Waals surface area contributed by atoms with Crippen molar-refractivity contribution in [2.45, 2.75) is 25.9 Å². The lowest BCUT2D eigenvalue weighted by molar-refractivity contribution is -0.151. The van der Waals surface area contributed by atoms with Gasteiger partial charge in [0.1, 0.15) is 0 Å². The molecule has 0 aliphatic carbocycles. The van der Waals surface area contributed by atoms with Crippen LogP contribution in [0.4, 0.5) is 0 Å². The van der Waals surface area contributed by atoms with E-state index in [-0.39, 0.29) is 24.5 Å². The zero-order valence-electron chi connectivity index (χ0n) is 9.19. The smallest absolute Gasteiger partial charge is 0.228 e. The van der Waals surface area contributed by atoms with Gasteiger partial charge in [0.2, 0.25) is 5.91 Å². The van der Waals surface area contributed by atoms with Crippen LogP contribution in [0.1, 0.15) is 19.8 Å². The molecule has 2 aliphatic heterocycles. The SMILES string of the molecule is C[C@H]1OCCC[C@H]1C(=O)N1CC(CO)C1. The van der Waals surface area contributed by atoms with Gasteiger partial charge >= 0.3 is 0 Å². The average molecular weight is 213 g/mol. The maximum Gasteiger partial charge on any atom is 0.228 e. The van der Waals surface area contributed by atoms with Crippen LogP contribution in [-0.2, 0) is 9.53 Å². The first-order valence-corrected chi connectivity index (χ1v) is 5.73. The van der Waals surface area contributed by atoms with Crippen LogP contribution in [0.5, 0.6) is 0 Å². The minimum absolute atomic E-state index is 0.0402. The van der Waals surface area contributed by atoms with E-state index in [0.29, 0.717) is 5.92 Å². The molecule has 2 heterocycles. The summed E-state index contributed by atoms with van der Waals surface area (Å²) in [6.45, 7) is 4.40. The van der Waals surface area contributed by atoms with E-state index >= 15 is 0 Å². The van der Waals surface area contributed by atoms with Gasteiger partial charge in [0.25, 0.3) is 0 Å². The second kappa shape index (κ2) is 4.49. The Kier molecular flexibility index (Phi) is 3.26. The summed E-state index contributed by atoms with van der Waals surface area (Å²) in [6, 6.07) is 0. The molecule has 4 heteroatoms. The molecular formula is C11H19NO3. The Hall–Kier alpha value is -0.610. The van der Waals surface area contributed by atoms with Gasteiger partial charge < -0.3 is 14.7 Å². The fourth-order valence-electron chi connectivity index (χ4n) is 2.35. The molecule has 0 radical (unpaired) electrons. The topological polar surface area (TPSA) is 49.8 Å². The molecule has 2 fully saturated rings. The Bertz CT molecular complexity index is 238. The van der Waals surface area contributed by atoms with Gasteiger partial charge in [0.15, 0.2) is 0 Å². The first-order chi connectivity index (χ1) is 7.22. The van der Waals surface area contributed by atoms with Crippen molar-refractivity contribution in [3.63, 3.8) is 0 Å². The van der Waals surface area contributed by atoms with E-state index in [1.54, 1.807) is 0 Å². The minimum atomic E-state index is 0.0402. The highest BCUT2D eigenvalue weighted by Crippen LogP contribution is 2.26. The first-order valence-electron chi connectivity index (χ1n) is 5.73. The first kappa shape index (κ1) is 10.9. The number of likely N-dealkylation sites (tertiary alicyclic amines) is 1. The van der Waals surface area contributed by atoms with Crippen molar-refractivity contribution in [1.29, 1.82) is 0 Å². The van der Waals surface area contributed by atoms with Gasteiger partial charge in [-0.2, -0.15) is 0 Å². The molecule has 1 amide bonds. The number of aliphatic hydroxyl groups is 1. The molecule has 0 saturated carbocycles. The van der Waals surface area contributed by atoms with E-state index < -0.39 is 0 Å². The maximum absolute atomic E-state index is 12.0. The molecule has 0 bridgehead atoms. The highest BCUT2D eigenvalue weighted by Gasteiger charge is 2.37. The van der Waals surface area contributed by atoms with Gasteiger partial charge in [-0.25, -0.2) is 0 Å². The molecular weight excluding hydrogens is 194 g/mol. The second-order valence-electron chi connectivity index (χ2n) is 4.62. The molecule has 4 nitrogen and oxygen atoms in total. The largest absolute Gasteiger partial charge is 0.396 e. The fourth-order valence-corrected chi connectivity index (χ4v) is 2.35. The summed E-state index contributed by atoms with van der Waals surface area (Å²) in [7, 11) is 0. The number of ether oxygens (including phenoxy) is 1. The number of hydrogen-bond acceptors (Lipinski definition) is 3. The van der Waals surface area contributed by atoms with Crippen LogP contribution in [0.25, 0.3) is 0 Å². The molecule has 1 N–H and O–H groups in total. The van der Waals surface area contributed by atoms with Crippen molar-refractivity contribution >= 4 is 5.91 Å². The van der Waals surface area contributed by atoms with E-state index in [0.717, 1.165) is 32.5 Å². The lowest BCUT2D eigenvalue weighted by Crippen LogP contribution is -2.55. The summed E-state index contributed by atoms with van der Waals surface area (Å²) < 4.78 is 5.49. The van der Waals surface area contributed by atoms with Crippen molar-refractivity contribution in [3.8, 4) is 0 Å². The van der Waals surface area contributed by atoms with Crippen molar-refractivity contribution in [2.24, 2.45) is 11.8 Å². The van der Waals surface area contributed by atoms with E-state index in [1.807, 2.05) is 11.8 Å². The van der Waals surface area contributed by atoms with E-state index in [2.05, 4.69) is 0 Å². The molecule has 0 aromatic rings. The van der Waals surface area contributed by atoms with Crippen LogP contribution in [0.15, 0.2) is 0 Å². The van der Waals surface area contributed by atoms with Gasteiger partial charge in [0, 0.05) is 32.2 Å². The average Bonchev–Trinajstić information content (AvgIpc) is 2.16. The Morgan fingerprint density at radius 2 is 2.27 bits per heavy atom. The van der Waals surface area contributed by atoms with Crippen molar-refractivity contribution < 1.29 is 14.6 Å². The van der Waals surface area contributed by atoms with Crippen LogP contribution in [-0.4, -0.2) is 48.3 Å². The molecule has 2 aliphatic rings. The van der Waals surface area contributed by atoms with Gasteiger partial charge in [-0.3, -0.25) is 4.79 Å². The van der Waals surface area contributed by atoms with Crippen LogP contribution >= 0.6 is 0 Å². The standard InChI is InChI=1S/C11H19NO3/c1-8-10(3-2-4-15-8)11(14)12-5-9(6-12)7-13/h8-10,13H,2-7H2,1H3/t8-,10-/m1/s1. The van der Waals surface area contributed by atoms with E-state index in [1.165, 1.54) is 0 Å². The number of rotatable bonds is 2. The molecule has 0 spiro atoms. The van der Waals surface area contributed by atoms with Crippen LogP contribution in [0.3, 0.4) is 0 Å². The highest BCUT2D eigenvalue weighted by atomic mass is 16.5. The quantitative estimate of drug-likeness (QED) is 0.715. The lowest BCUT2D eigenvalue weighted by Gasteiger charge is -2.42. The Balaban J connectivity index is 1.85. The highest BCUT2D eigenvalue weighted by molar-refractivity contribution is 5.80. The number of aliphatic hydroxyl groups excluding tert-OH is 1. The Morgan fingerprint density at radius 1 is 1.53 bits per heavy atom. The van der Waals surface area contributed by atoms with E-state index in [4.69, 9.17) is 9.84 Å². The summed E-state index contributed by atoms with van der Waals surface area (Å²) in [5, 5.41) is 8.89. The molecule has 0 aromatic carbocycles. The van der Waals surface area contributed by atoms with E-state index in [9.17, 15) is 4.79 Å². The number of nitrogens with zero attached hydrogens (tertiary/aromatic N) is 1. The summed E-state index contributed by atoms with van der Waals surface area (Å²) in [5.41, 5.74) is 0. The molecule has 0 aromatic heterocycles. The van der Waals surface area contributed by atoms with Crippen molar-refractivity contribution in [3.05, 3.63) is 0 Å². The van der Waals surface area contributed by atoms with Gasteiger partial charge in [-0.15, -0.1) is 0 Å². The molecule has 15 heavy (non-hydrogen) atoms. The van der Waals surface area contributed by atoms with Gasteiger partial charge in [-0.05, 0) is 19.8 Å². The third kappa shape index (κ3) is 2.16. The third-order valence-corrected chi connectivity index (χ3v) is 3.45. The van der Waals surface area contributed by atoms with Crippen LogP contribution in [0, 0.1) is 11.8 Å². The van der Waals surface area contributed by atoms with Crippen LogP contribution in [0.2, 0.25) is 0 Å². The van der Waals surface area contributed by atoms with Crippen LogP contribution < -0.4 is 0 Å². The Morgan fingerprint density at radius 3 is 2.87 bits per heavy atom. The molecule has 86 valence electrons. The summed E-state index contributed by atoms with van der Waals surface area (Å²) in [6.07, 6.45) is 1.98. The molecule has 0 unspecified atom stereocenters. The number of hydrogen-bond donors (Lipinski definition) is 1. The number of carbonyl (C=O) groups is 1. The second-order valence-corrected chi connectivity index (χ2v) is 4.62. The zero-order chi connectivity index (χ0) is 10.8. The zero-order valence-corrected chi connectivity index (χ0v) is 9.19. The van der Waals surface area contributed by atoms with Gasteiger partial charge in [0.05, 0.1) is 12.0 Å². The molecule has 2 saturated heterocycles. The predicted molar refractivity (Wildman–Crippen MR) is 55.3 cm³/mol. The third-order valence-electron chi connectivity index (χ3n) is 3.45. The maximum atomic E-state index is 12.0. The predicted octanol–water partition coefficient (Wildman–Crippen LogP) is 0.252. The summed E-state index contributed by atoms with van der Waals surface area (Å²) in [5.74, 6) is 0.555. The Labute approximate surface area is 90.2 Å². The summed E-state index contributed by atoms with van der Waals surface area (Å²) >= 11 is 0. The minimum Gasteiger partial charge on any atom is -0.396 e. The van der Waals surface area contributed by atoms with Crippen molar-refractivity contribution in [2.75, 3.05) is 26.3 Å². The normalized spacial score (nSPS) is 32.5.